The van der Waals surface area contributed by atoms with Gasteiger partial charge in [0, 0.05) is 41.5 Å². The van der Waals surface area contributed by atoms with E-state index in [0.717, 1.165) is 5.56 Å². The number of phenols is 1. The summed E-state index contributed by atoms with van der Waals surface area (Å²) >= 11 is 0. The van der Waals surface area contributed by atoms with Gasteiger partial charge in [-0.25, -0.2) is 4.79 Å². The molecule has 2 N–H and O–H groups in total. The molecule has 1 radical (unpaired) electrons. The zero-order chi connectivity index (χ0) is 16.7. The average molecular weight is 336 g/mol. The Hall–Kier alpha value is -1.82. The van der Waals surface area contributed by atoms with Crippen molar-refractivity contribution in [2.75, 3.05) is 6.61 Å². The molecule has 0 aliphatic heterocycles. The first kappa shape index (κ1) is 20.2. The number of carbonyl (C=O) groups excluding carboxylic acids is 2. The van der Waals surface area contributed by atoms with Crippen LogP contribution in [0.5, 0.6) is 5.75 Å². The van der Waals surface area contributed by atoms with Crippen LogP contribution in [0.1, 0.15) is 22.8 Å². The summed E-state index contributed by atoms with van der Waals surface area (Å²) in [5.74, 6) is -0.665. The number of hydrogen-bond donors (Lipinski definition) is 2. The molecule has 0 bridgehead atoms. The van der Waals surface area contributed by atoms with Crippen LogP contribution in [-0.4, -0.2) is 59.2 Å². The van der Waals surface area contributed by atoms with Crippen molar-refractivity contribution in [1.82, 2.24) is 5.32 Å². The molecule has 0 unspecified atom stereocenters. The third-order valence-corrected chi connectivity index (χ3v) is 3.29. The largest absolute Gasteiger partial charge is 0.508 e. The van der Waals surface area contributed by atoms with Crippen molar-refractivity contribution in [1.29, 1.82) is 0 Å². The van der Waals surface area contributed by atoms with Crippen molar-refractivity contribution in [2.24, 2.45) is 0 Å². The van der Waals surface area contributed by atoms with Gasteiger partial charge in [0.2, 0.25) is 0 Å². The molecule has 121 valence electrons. The van der Waals surface area contributed by atoms with Crippen LogP contribution in [0.3, 0.4) is 0 Å². The fourth-order valence-corrected chi connectivity index (χ4v) is 2.13. The minimum Gasteiger partial charge on any atom is -0.508 e. The molecule has 24 heavy (non-hydrogen) atoms. The second-order valence-corrected chi connectivity index (χ2v) is 5.01. The van der Waals surface area contributed by atoms with Crippen molar-refractivity contribution >= 4 is 41.4 Å². The standard InChI is InChI=1S/C18H19NO4.Na/c1-2-23-18(22)16(12-13-8-10-15(20)11-9-13)19-17(21)14-6-4-3-5-7-14;/h3-11,16,20H,2,12H2,1H3,(H,19,21);/t16-;/m0./s1. The van der Waals surface area contributed by atoms with E-state index >= 15 is 0 Å². The van der Waals surface area contributed by atoms with Crippen LogP contribution >= 0.6 is 0 Å². The van der Waals surface area contributed by atoms with Crippen LogP contribution in [0.25, 0.3) is 0 Å². The molecule has 5 nitrogen and oxygen atoms in total. The van der Waals surface area contributed by atoms with Gasteiger partial charge in [0.1, 0.15) is 11.8 Å². The van der Waals surface area contributed by atoms with Crippen LogP contribution in [0.15, 0.2) is 54.6 Å². The van der Waals surface area contributed by atoms with E-state index in [9.17, 15) is 14.7 Å². The summed E-state index contributed by atoms with van der Waals surface area (Å²) in [6.45, 7) is 1.96. The van der Waals surface area contributed by atoms with E-state index in [1.54, 1.807) is 43.3 Å². The van der Waals surface area contributed by atoms with Gasteiger partial charge < -0.3 is 15.2 Å². The Balaban J connectivity index is 0.00000288. The van der Waals surface area contributed by atoms with Crippen LogP contribution < -0.4 is 5.32 Å². The van der Waals surface area contributed by atoms with Gasteiger partial charge in [0.15, 0.2) is 0 Å². The molecule has 0 heterocycles. The maximum atomic E-state index is 12.2. The first-order chi connectivity index (χ1) is 11.1. The Labute approximate surface area is 163 Å². The number of carbonyl (C=O) groups is 2. The first-order valence-corrected chi connectivity index (χ1v) is 7.40. The minimum atomic E-state index is -0.785. The fraction of sp³-hybridized carbons (Fsp3) is 0.222. The molecule has 2 aromatic carbocycles. The van der Waals surface area contributed by atoms with Crippen LogP contribution in [0.2, 0.25) is 0 Å². The van der Waals surface area contributed by atoms with E-state index < -0.39 is 12.0 Å². The smallest absolute Gasteiger partial charge is 0.328 e. The number of amides is 1. The van der Waals surface area contributed by atoms with Gasteiger partial charge >= 0.3 is 5.97 Å². The molecule has 0 saturated heterocycles. The Morgan fingerprint density at radius 3 is 2.29 bits per heavy atom. The molecule has 1 amide bonds. The number of hydrogen-bond acceptors (Lipinski definition) is 4. The van der Waals surface area contributed by atoms with Gasteiger partial charge in [-0.15, -0.1) is 0 Å². The molecule has 2 rings (SSSR count). The number of ether oxygens (including phenoxy) is 1. The number of benzene rings is 2. The van der Waals surface area contributed by atoms with Crippen LogP contribution in [-0.2, 0) is 16.0 Å². The molecule has 0 spiro atoms. The van der Waals surface area contributed by atoms with E-state index in [0.29, 0.717) is 5.56 Å². The quantitative estimate of drug-likeness (QED) is 0.624. The van der Waals surface area contributed by atoms with Crippen LogP contribution in [0, 0.1) is 0 Å². The second-order valence-electron chi connectivity index (χ2n) is 5.01. The monoisotopic (exact) mass is 336 g/mol. The molecular formula is C18H19NNaO4. The Kier molecular flexibility index (Phi) is 8.54. The van der Waals surface area contributed by atoms with Gasteiger partial charge in [-0.2, -0.15) is 0 Å². The topological polar surface area (TPSA) is 75.6 Å². The van der Waals surface area contributed by atoms with Gasteiger partial charge in [0.05, 0.1) is 6.61 Å². The van der Waals surface area contributed by atoms with Crippen molar-refractivity contribution < 1.29 is 19.4 Å². The number of aromatic hydroxyl groups is 1. The zero-order valence-corrected chi connectivity index (χ0v) is 15.9. The number of esters is 1. The van der Waals surface area contributed by atoms with Gasteiger partial charge in [0.25, 0.3) is 5.91 Å². The van der Waals surface area contributed by atoms with E-state index in [1.807, 2.05) is 6.07 Å². The Bertz CT molecular complexity index is 658. The Morgan fingerprint density at radius 2 is 1.71 bits per heavy atom. The van der Waals surface area contributed by atoms with Crippen molar-refractivity contribution in [2.45, 2.75) is 19.4 Å². The molecule has 1 atom stereocenters. The predicted molar refractivity (Wildman–Crippen MR) is 91.9 cm³/mol. The average Bonchev–Trinajstić information content (AvgIpc) is 2.57. The second kappa shape index (κ2) is 10.1. The van der Waals surface area contributed by atoms with Crippen molar-refractivity contribution in [3.8, 4) is 5.75 Å². The summed E-state index contributed by atoms with van der Waals surface area (Å²) in [5.41, 5.74) is 1.29. The van der Waals surface area contributed by atoms with Crippen LogP contribution in [0.4, 0.5) is 0 Å². The molecule has 0 fully saturated rings. The van der Waals surface area contributed by atoms with E-state index in [-0.39, 0.29) is 54.2 Å². The molecular weight excluding hydrogens is 317 g/mol. The van der Waals surface area contributed by atoms with Crippen molar-refractivity contribution in [3.05, 3.63) is 65.7 Å². The predicted octanol–water partition coefficient (Wildman–Crippen LogP) is 1.92. The summed E-state index contributed by atoms with van der Waals surface area (Å²) in [7, 11) is 0. The van der Waals surface area contributed by atoms with Gasteiger partial charge in [-0.3, -0.25) is 4.79 Å². The summed E-state index contributed by atoms with van der Waals surface area (Å²) in [6, 6.07) is 14.4. The van der Waals surface area contributed by atoms with E-state index in [4.69, 9.17) is 4.74 Å². The van der Waals surface area contributed by atoms with Gasteiger partial charge in [-0.05, 0) is 36.8 Å². The minimum absolute atomic E-state index is 0. The summed E-state index contributed by atoms with van der Waals surface area (Å²) in [5, 5.41) is 12.0. The first-order valence-electron chi connectivity index (χ1n) is 7.40. The molecule has 6 heteroatoms. The molecule has 2 aromatic rings. The van der Waals surface area contributed by atoms with E-state index in [1.165, 1.54) is 12.1 Å². The Morgan fingerprint density at radius 1 is 1.08 bits per heavy atom. The third-order valence-electron chi connectivity index (χ3n) is 3.29. The molecule has 0 aliphatic rings. The number of phenolic OH excluding ortho intramolecular Hbond substituents is 1. The normalized spacial score (nSPS) is 11.0. The maximum absolute atomic E-state index is 12.2. The number of nitrogens with one attached hydrogen (secondary N) is 1. The summed E-state index contributed by atoms with van der Waals surface area (Å²) < 4.78 is 5.03. The fourth-order valence-electron chi connectivity index (χ4n) is 2.13. The van der Waals surface area contributed by atoms with Gasteiger partial charge in [-0.1, -0.05) is 30.3 Å². The third kappa shape index (κ3) is 6.00. The zero-order valence-electron chi connectivity index (χ0n) is 13.9. The molecule has 0 aromatic heterocycles. The summed E-state index contributed by atoms with van der Waals surface area (Å²) in [4.78, 5) is 24.3. The molecule has 0 aliphatic carbocycles. The van der Waals surface area contributed by atoms with Crippen molar-refractivity contribution in [3.63, 3.8) is 0 Å². The number of rotatable bonds is 6. The SMILES string of the molecule is CCOC(=O)[C@H](Cc1ccc(O)cc1)NC(=O)c1ccccc1.[Na]. The van der Waals surface area contributed by atoms with E-state index in [2.05, 4.69) is 5.32 Å². The maximum Gasteiger partial charge on any atom is 0.328 e. The summed E-state index contributed by atoms with van der Waals surface area (Å²) in [6.07, 6.45) is 0.289. The molecule has 0 saturated carbocycles.